The highest BCUT2D eigenvalue weighted by Gasteiger charge is 2.29. The van der Waals surface area contributed by atoms with E-state index >= 15 is 0 Å². The molecule has 0 aromatic heterocycles. The highest BCUT2D eigenvalue weighted by molar-refractivity contribution is 5.81. The van der Waals surface area contributed by atoms with Gasteiger partial charge >= 0.3 is 0 Å². The van der Waals surface area contributed by atoms with Crippen molar-refractivity contribution in [1.82, 2.24) is 10.2 Å². The summed E-state index contributed by atoms with van der Waals surface area (Å²) in [5, 5.41) is 3.08. The van der Waals surface area contributed by atoms with Gasteiger partial charge < -0.3 is 19.7 Å². The molecule has 144 valence electrons. The van der Waals surface area contributed by atoms with Crippen LogP contribution in [0.1, 0.15) is 45.2 Å². The van der Waals surface area contributed by atoms with Gasteiger partial charge in [0.15, 0.2) is 0 Å². The molecule has 1 fully saturated rings. The van der Waals surface area contributed by atoms with Gasteiger partial charge in [0.2, 0.25) is 11.8 Å². The van der Waals surface area contributed by atoms with Gasteiger partial charge in [0.25, 0.3) is 0 Å². The first-order chi connectivity index (χ1) is 12.4. The predicted octanol–water partition coefficient (Wildman–Crippen LogP) is 2.78. The lowest BCUT2D eigenvalue weighted by Gasteiger charge is -2.33. The second kappa shape index (κ2) is 8.92. The van der Waals surface area contributed by atoms with Crippen molar-refractivity contribution in [3.05, 3.63) is 23.8 Å². The molecule has 1 aliphatic rings. The molecular weight excluding hydrogens is 332 g/mol. The maximum atomic E-state index is 12.6. The third-order valence-corrected chi connectivity index (χ3v) is 4.94. The molecule has 1 aliphatic heterocycles. The zero-order valence-electron chi connectivity index (χ0n) is 16.4. The van der Waals surface area contributed by atoms with Crippen molar-refractivity contribution in [3.8, 4) is 11.5 Å². The second-order valence-electron chi connectivity index (χ2n) is 7.09. The molecular formula is C20H30N2O4. The molecule has 6 heteroatoms. The summed E-state index contributed by atoms with van der Waals surface area (Å²) in [6.45, 7) is 7.06. The maximum Gasteiger partial charge on any atom is 0.225 e. The summed E-state index contributed by atoms with van der Waals surface area (Å²) in [5.74, 6) is 1.55. The van der Waals surface area contributed by atoms with Crippen molar-refractivity contribution in [2.75, 3.05) is 27.3 Å². The zero-order chi connectivity index (χ0) is 19.3. The number of nitrogens with one attached hydrogen (secondary N) is 1. The number of methoxy groups -OCH3 is 2. The SMILES string of the molecule is COc1ccc(C(C)NC(=O)C2CCN(C(=O)C(C)C)CC2)c(OC)c1. The van der Waals surface area contributed by atoms with Gasteiger partial charge in [-0.2, -0.15) is 0 Å². The first kappa shape index (κ1) is 20.1. The lowest BCUT2D eigenvalue weighted by Crippen LogP contribution is -2.44. The van der Waals surface area contributed by atoms with E-state index in [0.717, 1.165) is 5.56 Å². The van der Waals surface area contributed by atoms with E-state index in [2.05, 4.69) is 5.32 Å². The Morgan fingerprint density at radius 2 is 1.77 bits per heavy atom. The molecule has 1 aromatic carbocycles. The Kier molecular flexibility index (Phi) is 6.89. The number of rotatable bonds is 6. The van der Waals surface area contributed by atoms with Crippen molar-refractivity contribution < 1.29 is 19.1 Å². The molecule has 1 atom stereocenters. The lowest BCUT2D eigenvalue weighted by atomic mass is 9.94. The van der Waals surface area contributed by atoms with Crippen molar-refractivity contribution in [2.45, 2.75) is 39.7 Å². The van der Waals surface area contributed by atoms with E-state index in [1.807, 2.05) is 43.9 Å². The van der Waals surface area contributed by atoms with Gasteiger partial charge in [-0.05, 0) is 31.9 Å². The molecule has 0 bridgehead atoms. The van der Waals surface area contributed by atoms with Crippen LogP contribution in [0.5, 0.6) is 11.5 Å². The van der Waals surface area contributed by atoms with Gasteiger partial charge in [-0.15, -0.1) is 0 Å². The number of benzene rings is 1. The van der Waals surface area contributed by atoms with Crippen LogP contribution in [0.25, 0.3) is 0 Å². The number of amides is 2. The molecule has 1 saturated heterocycles. The number of ether oxygens (including phenoxy) is 2. The van der Waals surface area contributed by atoms with Gasteiger partial charge in [0.05, 0.1) is 20.3 Å². The number of likely N-dealkylation sites (tertiary alicyclic amines) is 1. The minimum Gasteiger partial charge on any atom is -0.497 e. The topological polar surface area (TPSA) is 67.9 Å². The first-order valence-electron chi connectivity index (χ1n) is 9.18. The molecule has 1 aromatic rings. The Hall–Kier alpha value is -2.24. The molecule has 1 N–H and O–H groups in total. The van der Waals surface area contributed by atoms with Crippen LogP contribution in [0.4, 0.5) is 0 Å². The lowest BCUT2D eigenvalue weighted by molar-refractivity contribution is -0.138. The Morgan fingerprint density at radius 1 is 1.12 bits per heavy atom. The van der Waals surface area contributed by atoms with Crippen LogP contribution in [0.2, 0.25) is 0 Å². The number of piperidine rings is 1. The summed E-state index contributed by atoms with van der Waals surface area (Å²) in [5.41, 5.74) is 0.911. The van der Waals surface area contributed by atoms with E-state index in [1.54, 1.807) is 14.2 Å². The highest BCUT2D eigenvalue weighted by atomic mass is 16.5. The Morgan fingerprint density at radius 3 is 2.31 bits per heavy atom. The van der Waals surface area contributed by atoms with E-state index in [4.69, 9.17) is 9.47 Å². The molecule has 0 saturated carbocycles. The smallest absolute Gasteiger partial charge is 0.225 e. The van der Waals surface area contributed by atoms with E-state index in [0.29, 0.717) is 37.4 Å². The minimum atomic E-state index is -0.168. The molecule has 2 rings (SSSR count). The summed E-state index contributed by atoms with van der Waals surface area (Å²) in [6, 6.07) is 5.41. The largest absolute Gasteiger partial charge is 0.497 e. The summed E-state index contributed by atoms with van der Waals surface area (Å²) in [7, 11) is 3.21. The molecule has 0 spiro atoms. The maximum absolute atomic E-state index is 12.6. The van der Waals surface area contributed by atoms with Gasteiger partial charge in [0, 0.05) is 36.6 Å². The van der Waals surface area contributed by atoms with Gasteiger partial charge in [0.1, 0.15) is 11.5 Å². The van der Waals surface area contributed by atoms with E-state index in [9.17, 15) is 9.59 Å². The van der Waals surface area contributed by atoms with Crippen molar-refractivity contribution >= 4 is 11.8 Å². The van der Waals surface area contributed by atoms with Crippen molar-refractivity contribution in [2.24, 2.45) is 11.8 Å². The standard InChI is InChI=1S/C20H30N2O4/c1-13(2)20(24)22-10-8-15(9-11-22)19(23)21-14(3)17-7-6-16(25-4)12-18(17)26-5/h6-7,12-15H,8-11H2,1-5H3,(H,21,23). The monoisotopic (exact) mass is 362 g/mol. The van der Waals surface area contributed by atoms with Crippen LogP contribution in [-0.4, -0.2) is 44.0 Å². The van der Waals surface area contributed by atoms with Crippen molar-refractivity contribution in [3.63, 3.8) is 0 Å². The molecule has 2 amide bonds. The number of hydrogen-bond donors (Lipinski definition) is 1. The number of nitrogens with zero attached hydrogens (tertiary/aromatic N) is 1. The van der Waals surface area contributed by atoms with Crippen LogP contribution in [0.15, 0.2) is 18.2 Å². The average molecular weight is 362 g/mol. The first-order valence-corrected chi connectivity index (χ1v) is 9.18. The quantitative estimate of drug-likeness (QED) is 0.845. The van der Waals surface area contributed by atoms with Gasteiger partial charge in [-0.25, -0.2) is 0 Å². The molecule has 0 radical (unpaired) electrons. The Labute approximate surface area is 155 Å². The minimum absolute atomic E-state index is 0.00272. The van der Waals surface area contributed by atoms with Crippen LogP contribution in [0, 0.1) is 11.8 Å². The van der Waals surface area contributed by atoms with Crippen LogP contribution >= 0.6 is 0 Å². The van der Waals surface area contributed by atoms with Crippen LogP contribution in [0.3, 0.4) is 0 Å². The number of hydrogen-bond acceptors (Lipinski definition) is 4. The Balaban J connectivity index is 1.95. The summed E-state index contributed by atoms with van der Waals surface area (Å²) in [6.07, 6.45) is 1.41. The third-order valence-electron chi connectivity index (χ3n) is 4.94. The molecule has 1 unspecified atom stereocenters. The highest BCUT2D eigenvalue weighted by Crippen LogP contribution is 2.30. The molecule has 0 aliphatic carbocycles. The molecule has 6 nitrogen and oxygen atoms in total. The summed E-state index contributed by atoms with van der Waals surface area (Å²) >= 11 is 0. The van der Waals surface area contributed by atoms with Gasteiger partial charge in [-0.3, -0.25) is 9.59 Å². The fraction of sp³-hybridized carbons (Fsp3) is 0.600. The second-order valence-corrected chi connectivity index (χ2v) is 7.09. The number of carbonyl (C=O) groups is 2. The average Bonchev–Trinajstić information content (AvgIpc) is 2.66. The Bertz CT molecular complexity index is 637. The van der Waals surface area contributed by atoms with E-state index < -0.39 is 0 Å². The molecule has 26 heavy (non-hydrogen) atoms. The third kappa shape index (κ3) is 4.68. The molecule has 1 heterocycles. The zero-order valence-corrected chi connectivity index (χ0v) is 16.4. The van der Waals surface area contributed by atoms with E-state index in [-0.39, 0.29) is 29.7 Å². The summed E-state index contributed by atoms with van der Waals surface area (Å²) < 4.78 is 10.6. The fourth-order valence-electron chi connectivity index (χ4n) is 3.31. The normalized spacial score (nSPS) is 16.3. The van der Waals surface area contributed by atoms with Crippen molar-refractivity contribution in [1.29, 1.82) is 0 Å². The van der Waals surface area contributed by atoms with Crippen LogP contribution < -0.4 is 14.8 Å². The van der Waals surface area contributed by atoms with Gasteiger partial charge in [-0.1, -0.05) is 13.8 Å². The number of carbonyl (C=O) groups excluding carboxylic acids is 2. The van der Waals surface area contributed by atoms with Crippen LogP contribution in [-0.2, 0) is 9.59 Å². The van der Waals surface area contributed by atoms with E-state index in [1.165, 1.54) is 0 Å². The fourth-order valence-corrected chi connectivity index (χ4v) is 3.31. The predicted molar refractivity (Wildman–Crippen MR) is 100 cm³/mol. The summed E-state index contributed by atoms with van der Waals surface area (Å²) in [4.78, 5) is 26.6.